The van der Waals surface area contributed by atoms with Crippen LogP contribution in [0.15, 0.2) is 18.7 Å². The second-order valence-corrected chi connectivity index (χ2v) is 7.46. The average Bonchev–Trinajstić information content (AvgIpc) is 2.99. The molecule has 3 nitrogen and oxygen atoms in total. The second-order valence-electron chi connectivity index (χ2n) is 7.27. The van der Waals surface area contributed by atoms with Gasteiger partial charge in [-0.05, 0) is 18.8 Å². The molecular weight excluding hydrogens is 326 g/mol. The fraction of sp³-hybridized carbons (Fsp3) is 0.810. The van der Waals surface area contributed by atoms with Gasteiger partial charge in [0.2, 0.25) is 6.33 Å². The average molecular weight is 366 g/mol. The zero-order valence-corrected chi connectivity index (χ0v) is 17.6. The number of nitrogens with zero attached hydrogens (tertiary/aromatic N) is 3. The number of hydrogen-bond acceptors (Lipinski definition) is 2. The molecule has 1 aromatic rings. The molecule has 0 radical (unpaired) electrons. The molecule has 25 heavy (non-hydrogen) atoms. The topological polar surface area (TPSA) is 32.6 Å². The summed E-state index contributed by atoms with van der Waals surface area (Å²) in [5.74, 6) is 0.897. The van der Waals surface area contributed by atoms with Crippen molar-refractivity contribution in [3.8, 4) is 5.40 Å². The van der Waals surface area contributed by atoms with E-state index < -0.39 is 0 Å². The summed E-state index contributed by atoms with van der Waals surface area (Å²) in [5.41, 5.74) is 0. The van der Waals surface area contributed by atoms with E-state index in [9.17, 15) is 0 Å². The van der Waals surface area contributed by atoms with Gasteiger partial charge in [-0.25, -0.2) is 14.4 Å². The van der Waals surface area contributed by atoms with Crippen LogP contribution in [0.3, 0.4) is 0 Å². The standard InChI is InChI=1S/C20H39N2.CHNS/c1-4-5-6-7-8-9-10-11-12-14-20(2)15-13-16-22-18-17-21(3)19-22;2-1-3/h17-20H,4-16H2,1-3H3;3H/q+1;/p-1/t20-;/m0./s1. The Morgan fingerprint density at radius 1 is 1.00 bits per heavy atom. The molecule has 0 aliphatic carbocycles. The van der Waals surface area contributed by atoms with E-state index in [0.29, 0.717) is 0 Å². The number of imidazole rings is 1. The van der Waals surface area contributed by atoms with E-state index in [4.69, 9.17) is 5.26 Å². The van der Waals surface area contributed by atoms with E-state index >= 15 is 0 Å². The first-order valence-corrected chi connectivity index (χ1v) is 10.6. The maximum atomic E-state index is 7.13. The minimum atomic E-state index is 0.897. The van der Waals surface area contributed by atoms with Gasteiger partial charge >= 0.3 is 0 Å². The van der Waals surface area contributed by atoms with Crippen LogP contribution in [-0.2, 0) is 26.2 Å². The Bertz CT molecular complexity index is 437. The van der Waals surface area contributed by atoms with E-state index in [1.165, 1.54) is 89.0 Å². The highest BCUT2D eigenvalue weighted by Crippen LogP contribution is 2.17. The van der Waals surface area contributed by atoms with Crippen molar-refractivity contribution in [3.05, 3.63) is 18.7 Å². The zero-order valence-electron chi connectivity index (χ0n) is 16.8. The van der Waals surface area contributed by atoms with Gasteiger partial charge in [-0.2, -0.15) is 0 Å². The Balaban J connectivity index is 0.00000178. The SMILES string of the molecule is CCCCCCCCCCC[C@H](C)CCCn1cc[n+](C)c1.N#C[S-]. The Labute approximate surface area is 161 Å². The van der Waals surface area contributed by atoms with Crippen molar-refractivity contribution in [1.29, 1.82) is 5.26 Å². The summed E-state index contributed by atoms with van der Waals surface area (Å²) < 4.78 is 4.41. The van der Waals surface area contributed by atoms with Gasteiger partial charge in [-0.3, -0.25) is 0 Å². The predicted molar refractivity (Wildman–Crippen MR) is 109 cm³/mol. The number of rotatable bonds is 14. The molecule has 0 aliphatic heterocycles. The number of aryl methyl sites for hydroxylation is 2. The summed E-state index contributed by atoms with van der Waals surface area (Å²) in [6.07, 6.45) is 23.5. The third kappa shape index (κ3) is 16.2. The summed E-state index contributed by atoms with van der Waals surface area (Å²) in [6, 6.07) is 0. The number of aromatic nitrogens is 2. The summed E-state index contributed by atoms with van der Waals surface area (Å²) >= 11 is 3.70. The van der Waals surface area contributed by atoms with Crippen molar-refractivity contribution in [2.75, 3.05) is 0 Å². The Morgan fingerprint density at radius 2 is 1.52 bits per heavy atom. The van der Waals surface area contributed by atoms with Crippen molar-refractivity contribution in [3.63, 3.8) is 0 Å². The fourth-order valence-corrected chi connectivity index (χ4v) is 3.20. The van der Waals surface area contributed by atoms with Crippen LogP contribution < -0.4 is 4.57 Å². The molecule has 1 atom stereocenters. The summed E-state index contributed by atoms with van der Waals surface area (Å²) in [6.45, 7) is 5.89. The largest absolute Gasteiger partial charge is 0.696 e. The van der Waals surface area contributed by atoms with E-state index in [-0.39, 0.29) is 0 Å². The van der Waals surface area contributed by atoms with Gasteiger partial charge in [0.25, 0.3) is 0 Å². The van der Waals surface area contributed by atoms with Crippen LogP contribution in [0, 0.1) is 16.6 Å². The lowest BCUT2D eigenvalue weighted by molar-refractivity contribution is -0.671. The lowest BCUT2D eigenvalue weighted by Gasteiger charge is -2.10. The smallest absolute Gasteiger partial charge is 0.243 e. The molecule has 4 heteroatoms. The third-order valence-corrected chi connectivity index (χ3v) is 4.74. The monoisotopic (exact) mass is 365 g/mol. The van der Waals surface area contributed by atoms with E-state index in [2.05, 4.69) is 61.4 Å². The van der Waals surface area contributed by atoms with E-state index in [1.807, 2.05) is 0 Å². The van der Waals surface area contributed by atoms with Gasteiger partial charge < -0.3 is 12.6 Å². The highest BCUT2D eigenvalue weighted by molar-refractivity contribution is 7.64. The minimum absolute atomic E-state index is 0.897. The molecule has 0 unspecified atom stereocenters. The van der Waals surface area contributed by atoms with E-state index in [1.54, 1.807) is 0 Å². The van der Waals surface area contributed by atoms with Crippen molar-refractivity contribution in [1.82, 2.24) is 4.57 Å². The maximum Gasteiger partial charge on any atom is 0.243 e. The third-order valence-electron chi connectivity index (χ3n) is 4.74. The molecule has 0 saturated heterocycles. The van der Waals surface area contributed by atoms with Crippen LogP contribution in [0.4, 0.5) is 0 Å². The van der Waals surface area contributed by atoms with Crippen LogP contribution in [0.25, 0.3) is 0 Å². The number of nitriles is 1. The first kappa shape index (κ1) is 23.9. The van der Waals surface area contributed by atoms with Crippen LogP contribution in [0.1, 0.15) is 90.9 Å². The van der Waals surface area contributed by atoms with Crippen LogP contribution in [0.2, 0.25) is 0 Å². The van der Waals surface area contributed by atoms with Gasteiger partial charge in [0.05, 0.1) is 13.6 Å². The number of unbranched alkanes of at least 4 members (excludes halogenated alkanes) is 8. The van der Waals surface area contributed by atoms with Gasteiger partial charge in [0, 0.05) is 0 Å². The highest BCUT2D eigenvalue weighted by atomic mass is 32.1. The number of thiocyanates is 1. The van der Waals surface area contributed by atoms with Gasteiger partial charge in [-0.15, -0.1) is 0 Å². The molecule has 0 saturated carbocycles. The Hall–Kier alpha value is -1.08. The Kier molecular flexibility index (Phi) is 17.0. The summed E-state index contributed by atoms with van der Waals surface area (Å²) in [5, 5.41) is 8.47. The van der Waals surface area contributed by atoms with Gasteiger partial charge in [-0.1, -0.05) is 83.5 Å². The molecule has 1 heterocycles. The van der Waals surface area contributed by atoms with Crippen molar-refractivity contribution in [2.24, 2.45) is 13.0 Å². The molecular formula is C21H39N3S. The molecule has 0 aromatic carbocycles. The molecule has 144 valence electrons. The van der Waals surface area contributed by atoms with Crippen molar-refractivity contribution in [2.45, 2.75) is 97.4 Å². The first-order chi connectivity index (χ1) is 12.1. The van der Waals surface area contributed by atoms with Crippen LogP contribution in [-0.4, -0.2) is 4.57 Å². The van der Waals surface area contributed by atoms with Gasteiger partial charge in [0.1, 0.15) is 12.4 Å². The van der Waals surface area contributed by atoms with Crippen molar-refractivity contribution < 1.29 is 4.57 Å². The lowest BCUT2D eigenvalue weighted by Crippen LogP contribution is -2.23. The normalized spacial score (nSPS) is 11.4. The van der Waals surface area contributed by atoms with Gasteiger partial charge in [0.15, 0.2) is 0 Å². The molecule has 0 spiro atoms. The molecule has 0 amide bonds. The Morgan fingerprint density at radius 3 is 2.04 bits per heavy atom. The molecule has 0 N–H and O–H groups in total. The first-order valence-electron chi connectivity index (χ1n) is 10.2. The predicted octanol–water partition coefficient (Wildman–Crippen LogP) is 5.66. The molecule has 0 fully saturated rings. The zero-order chi connectivity index (χ0) is 18.8. The summed E-state index contributed by atoms with van der Waals surface area (Å²) in [7, 11) is 2.09. The number of hydrogen-bond donors (Lipinski definition) is 0. The summed E-state index contributed by atoms with van der Waals surface area (Å²) in [4.78, 5) is 0. The molecule has 0 aliphatic rings. The van der Waals surface area contributed by atoms with Crippen LogP contribution in [0.5, 0.6) is 0 Å². The maximum absolute atomic E-state index is 7.13. The van der Waals surface area contributed by atoms with E-state index in [0.717, 1.165) is 5.92 Å². The lowest BCUT2D eigenvalue weighted by atomic mass is 9.97. The fourth-order valence-electron chi connectivity index (χ4n) is 3.20. The minimum Gasteiger partial charge on any atom is -0.696 e. The molecule has 0 bridgehead atoms. The second kappa shape index (κ2) is 17.7. The molecule has 1 aromatic heterocycles. The highest BCUT2D eigenvalue weighted by Gasteiger charge is 2.04. The quantitative estimate of drug-likeness (QED) is 0.184. The molecule has 1 rings (SSSR count). The van der Waals surface area contributed by atoms with Crippen LogP contribution >= 0.6 is 0 Å². The van der Waals surface area contributed by atoms with Crippen molar-refractivity contribution >= 4 is 12.6 Å².